The quantitative estimate of drug-likeness (QED) is 0.571. The summed E-state index contributed by atoms with van der Waals surface area (Å²) in [7, 11) is 0. The molecule has 1 aromatic carbocycles. The molecule has 3 nitrogen and oxygen atoms in total. The van der Waals surface area contributed by atoms with Gasteiger partial charge in [0.15, 0.2) is 5.11 Å². The third kappa shape index (κ3) is 2.12. The highest BCUT2D eigenvalue weighted by Crippen LogP contribution is 2.15. The van der Waals surface area contributed by atoms with Gasteiger partial charge in [-0.2, -0.15) is 0 Å². The van der Waals surface area contributed by atoms with E-state index in [9.17, 15) is 4.79 Å². The van der Waals surface area contributed by atoms with Crippen molar-refractivity contribution in [1.29, 1.82) is 0 Å². The summed E-state index contributed by atoms with van der Waals surface area (Å²) >= 11 is 4.86. The molecule has 0 aromatic heterocycles. The summed E-state index contributed by atoms with van der Waals surface area (Å²) < 4.78 is 0. The molecule has 1 amide bonds. The summed E-state index contributed by atoms with van der Waals surface area (Å²) in [6.07, 6.45) is 1.82. The Bertz CT molecular complexity index is 506. The third-order valence-electron chi connectivity index (χ3n) is 2.45. The number of carbonyl (C=O) groups is 1. The zero-order valence-corrected chi connectivity index (χ0v) is 9.94. The van der Waals surface area contributed by atoms with Gasteiger partial charge < -0.3 is 5.32 Å². The Hall–Kier alpha value is -1.68. The smallest absolute Gasteiger partial charge is 0.273 e. The first-order valence-corrected chi connectivity index (χ1v) is 5.38. The van der Waals surface area contributed by atoms with Gasteiger partial charge in [0.1, 0.15) is 5.70 Å². The Kier molecular flexibility index (Phi) is 2.75. The summed E-state index contributed by atoms with van der Waals surface area (Å²) in [5, 5.41) is 5.73. The Labute approximate surface area is 99.5 Å². The predicted molar refractivity (Wildman–Crippen MR) is 67.8 cm³/mol. The van der Waals surface area contributed by atoms with E-state index in [1.807, 2.05) is 38.1 Å². The number of thiocarbonyl (C=S) groups is 1. The normalized spacial score (nSPS) is 17.5. The molecular formula is C12H12N2OS. The first-order valence-electron chi connectivity index (χ1n) is 4.97. The van der Waals surface area contributed by atoms with Gasteiger partial charge in [-0.3, -0.25) is 10.1 Å². The first kappa shape index (κ1) is 10.8. The SMILES string of the molecule is Cc1ccc(C)c(C=C2NC(=S)NC2=O)c1. The Balaban J connectivity index is 2.39. The fourth-order valence-corrected chi connectivity index (χ4v) is 1.76. The lowest BCUT2D eigenvalue weighted by molar-refractivity contribution is -0.115. The number of hydrogen-bond acceptors (Lipinski definition) is 2. The van der Waals surface area contributed by atoms with Gasteiger partial charge in [-0.25, -0.2) is 0 Å². The number of benzene rings is 1. The van der Waals surface area contributed by atoms with E-state index in [4.69, 9.17) is 12.2 Å². The molecule has 0 unspecified atom stereocenters. The van der Waals surface area contributed by atoms with E-state index in [1.165, 1.54) is 5.56 Å². The molecular weight excluding hydrogens is 220 g/mol. The van der Waals surface area contributed by atoms with Gasteiger partial charge >= 0.3 is 0 Å². The Morgan fingerprint density at radius 1 is 1.25 bits per heavy atom. The highest BCUT2D eigenvalue weighted by Gasteiger charge is 2.19. The molecule has 1 aliphatic rings. The number of nitrogens with one attached hydrogen (secondary N) is 2. The number of amides is 1. The van der Waals surface area contributed by atoms with Crippen LogP contribution in [0.25, 0.3) is 6.08 Å². The van der Waals surface area contributed by atoms with Crippen LogP contribution in [0, 0.1) is 13.8 Å². The average molecular weight is 232 g/mol. The molecule has 1 aromatic rings. The van der Waals surface area contributed by atoms with Gasteiger partial charge in [-0.05, 0) is 43.3 Å². The molecule has 0 atom stereocenters. The van der Waals surface area contributed by atoms with Crippen molar-refractivity contribution >= 4 is 29.3 Å². The summed E-state index contributed by atoms with van der Waals surface area (Å²) in [4.78, 5) is 11.5. The van der Waals surface area contributed by atoms with Crippen LogP contribution in [0.2, 0.25) is 0 Å². The molecule has 0 spiro atoms. The second kappa shape index (κ2) is 4.06. The van der Waals surface area contributed by atoms with Crippen LogP contribution < -0.4 is 10.6 Å². The maximum Gasteiger partial charge on any atom is 0.273 e. The number of carbonyl (C=O) groups excluding carboxylic acids is 1. The zero-order chi connectivity index (χ0) is 11.7. The van der Waals surface area contributed by atoms with Gasteiger partial charge in [0, 0.05) is 0 Å². The van der Waals surface area contributed by atoms with Crippen molar-refractivity contribution in [2.45, 2.75) is 13.8 Å². The van der Waals surface area contributed by atoms with Crippen molar-refractivity contribution < 1.29 is 4.79 Å². The van der Waals surface area contributed by atoms with Crippen LogP contribution >= 0.6 is 12.2 Å². The van der Waals surface area contributed by atoms with Gasteiger partial charge in [0.25, 0.3) is 5.91 Å². The summed E-state index contributed by atoms with van der Waals surface area (Å²) in [6.45, 7) is 4.03. The third-order valence-corrected chi connectivity index (χ3v) is 2.66. The van der Waals surface area contributed by atoms with Gasteiger partial charge in [-0.1, -0.05) is 23.8 Å². The molecule has 1 saturated heterocycles. The van der Waals surface area contributed by atoms with Crippen molar-refractivity contribution in [2.75, 3.05) is 0 Å². The second-order valence-electron chi connectivity index (χ2n) is 3.83. The largest absolute Gasteiger partial charge is 0.328 e. The molecule has 1 heterocycles. The molecule has 1 fully saturated rings. The van der Waals surface area contributed by atoms with E-state index in [0.29, 0.717) is 10.8 Å². The van der Waals surface area contributed by atoms with Crippen molar-refractivity contribution in [3.8, 4) is 0 Å². The number of rotatable bonds is 1. The van der Waals surface area contributed by atoms with Crippen LogP contribution in [0.3, 0.4) is 0 Å². The molecule has 82 valence electrons. The maximum absolute atomic E-state index is 11.5. The van der Waals surface area contributed by atoms with Crippen LogP contribution in [-0.4, -0.2) is 11.0 Å². The molecule has 2 N–H and O–H groups in total. The fraction of sp³-hybridized carbons (Fsp3) is 0.167. The Morgan fingerprint density at radius 2 is 2.00 bits per heavy atom. The van der Waals surface area contributed by atoms with E-state index in [2.05, 4.69) is 10.6 Å². The zero-order valence-electron chi connectivity index (χ0n) is 9.13. The van der Waals surface area contributed by atoms with Gasteiger partial charge in [-0.15, -0.1) is 0 Å². The van der Waals surface area contributed by atoms with Crippen LogP contribution in [0.5, 0.6) is 0 Å². The molecule has 1 aliphatic heterocycles. The lowest BCUT2D eigenvalue weighted by Gasteiger charge is -2.02. The average Bonchev–Trinajstić information content (AvgIpc) is 2.51. The lowest BCUT2D eigenvalue weighted by Crippen LogP contribution is -2.21. The van der Waals surface area contributed by atoms with E-state index in [0.717, 1.165) is 11.1 Å². The topological polar surface area (TPSA) is 41.1 Å². The van der Waals surface area contributed by atoms with Crippen LogP contribution in [0.15, 0.2) is 23.9 Å². The molecule has 4 heteroatoms. The molecule has 2 rings (SSSR count). The Morgan fingerprint density at radius 3 is 2.62 bits per heavy atom. The van der Waals surface area contributed by atoms with Crippen LogP contribution in [-0.2, 0) is 4.79 Å². The van der Waals surface area contributed by atoms with Crippen molar-refractivity contribution in [3.63, 3.8) is 0 Å². The highest BCUT2D eigenvalue weighted by molar-refractivity contribution is 7.80. The summed E-state index contributed by atoms with van der Waals surface area (Å²) in [5.41, 5.74) is 3.82. The highest BCUT2D eigenvalue weighted by atomic mass is 32.1. The minimum absolute atomic E-state index is 0.175. The predicted octanol–water partition coefficient (Wildman–Crippen LogP) is 1.65. The van der Waals surface area contributed by atoms with E-state index in [1.54, 1.807) is 0 Å². The van der Waals surface area contributed by atoms with Crippen LogP contribution in [0.1, 0.15) is 16.7 Å². The van der Waals surface area contributed by atoms with Gasteiger partial charge in [0.05, 0.1) is 0 Å². The van der Waals surface area contributed by atoms with Crippen molar-refractivity contribution in [3.05, 3.63) is 40.6 Å². The molecule has 0 radical (unpaired) electrons. The fourth-order valence-electron chi connectivity index (χ4n) is 1.55. The van der Waals surface area contributed by atoms with Crippen molar-refractivity contribution in [2.24, 2.45) is 0 Å². The second-order valence-corrected chi connectivity index (χ2v) is 4.23. The lowest BCUT2D eigenvalue weighted by atomic mass is 10.0. The molecule has 16 heavy (non-hydrogen) atoms. The van der Waals surface area contributed by atoms with Crippen LogP contribution in [0.4, 0.5) is 0 Å². The number of aryl methyl sites for hydroxylation is 2. The maximum atomic E-state index is 11.5. The summed E-state index contributed by atoms with van der Waals surface area (Å²) in [5.74, 6) is -0.175. The minimum atomic E-state index is -0.175. The molecule has 0 saturated carbocycles. The molecule has 0 bridgehead atoms. The minimum Gasteiger partial charge on any atom is -0.328 e. The van der Waals surface area contributed by atoms with Crippen molar-refractivity contribution in [1.82, 2.24) is 10.6 Å². The monoisotopic (exact) mass is 232 g/mol. The van der Waals surface area contributed by atoms with E-state index >= 15 is 0 Å². The first-order chi connectivity index (χ1) is 7.56. The number of hydrogen-bond donors (Lipinski definition) is 2. The molecule has 0 aliphatic carbocycles. The summed E-state index contributed by atoms with van der Waals surface area (Å²) in [6, 6.07) is 6.12. The van der Waals surface area contributed by atoms with E-state index in [-0.39, 0.29) is 5.91 Å². The van der Waals surface area contributed by atoms with E-state index < -0.39 is 0 Å². The van der Waals surface area contributed by atoms with Gasteiger partial charge in [0.2, 0.25) is 0 Å². The standard InChI is InChI=1S/C12H12N2OS/c1-7-3-4-8(2)9(5-7)6-10-11(15)14-12(16)13-10/h3-6H,1-2H3,(H2,13,14,15,16).